The van der Waals surface area contributed by atoms with Crippen LogP contribution in [-0.4, -0.2) is 47.5 Å². The van der Waals surface area contributed by atoms with E-state index in [-0.39, 0.29) is 18.4 Å². The van der Waals surface area contributed by atoms with Gasteiger partial charge in [0.05, 0.1) is 6.07 Å². The molecule has 8 nitrogen and oxygen atoms in total. The Morgan fingerprint density at radius 3 is 2.22 bits per heavy atom. The standard InChI is InChI=1S/C28H44N4O4/c1-9-10-11-16-30-25(33)24(23-20(4)13-12-14-21(23)5)32(17-15-29)26(34)22(18-19(2)3)31-27(35)36-28(6,7)8/h12-14,19,22,24H,9-11,16-18H2,1-8H3,(H,30,33)(H,31,35). The second kappa shape index (κ2) is 14.5. The zero-order chi connectivity index (χ0) is 27.5. The summed E-state index contributed by atoms with van der Waals surface area (Å²) in [6.07, 6.45) is 2.43. The predicted octanol–water partition coefficient (Wildman–Crippen LogP) is 4.94. The lowest BCUT2D eigenvalue weighted by Gasteiger charge is -2.34. The Balaban J connectivity index is 3.47. The smallest absolute Gasteiger partial charge is 0.408 e. The fourth-order valence-electron chi connectivity index (χ4n) is 4.09. The SMILES string of the molecule is CCCCCNC(=O)C(c1c(C)cccc1C)N(CC#N)C(=O)C(CC(C)C)NC(=O)OC(C)(C)C. The number of ether oxygens (including phenoxy) is 1. The number of nitrogens with zero attached hydrogens (tertiary/aromatic N) is 2. The second-order valence-corrected chi connectivity index (χ2v) is 10.7. The highest BCUT2D eigenvalue weighted by Crippen LogP contribution is 2.29. The highest BCUT2D eigenvalue weighted by molar-refractivity contribution is 5.92. The minimum atomic E-state index is -1.00. The Kier molecular flexibility index (Phi) is 12.4. The van der Waals surface area contributed by atoms with Crippen LogP contribution in [0.3, 0.4) is 0 Å². The lowest BCUT2D eigenvalue weighted by molar-refractivity contribution is -0.142. The summed E-state index contributed by atoms with van der Waals surface area (Å²) in [5.41, 5.74) is 1.65. The molecule has 3 amide bonds. The van der Waals surface area contributed by atoms with Crippen LogP contribution >= 0.6 is 0 Å². The van der Waals surface area contributed by atoms with Gasteiger partial charge in [-0.3, -0.25) is 9.59 Å². The maximum absolute atomic E-state index is 13.9. The Hall–Kier alpha value is -3.08. The van der Waals surface area contributed by atoms with Crippen LogP contribution in [0.4, 0.5) is 4.79 Å². The molecule has 2 N–H and O–H groups in total. The highest BCUT2D eigenvalue weighted by Gasteiger charge is 2.37. The Morgan fingerprint density at radius 1 is 1.11 bits per heavy atom. The van der Waals surface area contributed by atoms with Gasteiger partial charge in [0.1, 0.15) is 24.2 Å². The van der Waals surface area contributed by atoms with Crippen molar-refractivity contribution in [1.82, 2.24) is 15.5 Å². The average Bonchev–Trinajstić information content (AvgIpc) is 2.75. The number of nitrogens with one attached hydrogen (secondary N) is 2. The zero-order valence-electron chi connectivity index (χ0n) is 23.2. The molecule has 1 aromatic rings. The summed E-state index contributed by atoms with van der Waals surface area (Å²) < 4.78 is 5.38. The van der Waals surface area contributed by atoms with E-state index in [1.165, 1.54) is 4.90 Å². The number of amides is 3. The van der Waals surface area contributed by atoms with Crippen LogP contribution in [0.2, 0.25) is 0 Å². The van der Waals surface area contributed by atoms with E-state index in [0.29, 0.717) is 18.5 Å². The summed E-state index contributed by atoms with van der Waals surface area (Å²) in [7, 11) is 0. The van der Waals surface area contributed by atoms with E-state index in [2.05, 4.69) is 23.6 Å². The molecule has 0 bridgehead atoms. The number of rotatable bonds is 12. The third-order valence-corrected chi connectivity index (χ3v) is 5.68. The number of carbonyl (C=O) groups excluding carboxylic acids is 3. The van der Waals surface area contributed by atoms with Gasteiger partial charge in [0.15, 0.2) is 0 Å². The molecule has 0 heterocycles. The molecule has 0 saturated heterocycles. The van der Waals surface area contributed by atoms with Crippen LogP contribution in [0.5, 0.6) is 0 Å². The van der Waals surface area contributed by atoms with Crippen LogP contribution in [0.25, 0.3) is 0 Å². The summed E-state index contributed by atoms with van der Waals surface area (Å²) in [5, 5.41) is 15.3. The van der Waals surface area contributed by atoms with Gasteiger partial charge in [0.2, 0.25) is 11.8 Å². The fraction of sp³-hybridized carbons (Fsp3) is 0.643. The van der Waals surface area contributed by atoms with Gasteiger partial charge >= 0.3 is 6.09 Å². The van der Waals surface area contributed by atoms with Gasteiger partial charge < -0.3 is 20.3 Å². The Morgan fingerprint density at radius 2 is 1.72 bits per heavy atom. The molecule has 0 aliphatic rings. The molecule has 200 valence electrons. The molecule has 0 fully saturated rings. The maximum atomic E-state index is 13.9. The largest absolute Gasteiger partial charge is 0.444 e. The topological polar surface area (TPSA) is 112 Å². The number of hydrogen-bond acceptors (Lipinski definition) is 5. The van der Waals surface area contributed by atoms with E-state index >= 15 is 0 Å². The summed E-state index contributed by atoms with van der Waals surface area (Å²) in [6, 6.07) is 5.77. The molecule has 0 saturated carbocycles. The molecule has 1 rings (SSSR count). The van der Waals surface area contributed by atoms with E-state index in [9.17, 15) is 19.6 Å². The van der Waals surface area contributed by atoms with E-state index in [1.54, 1.807) is 20.8 Å². The molecule has 36 heavy (non-hydrogen) atoms. The number of benzene rings is 1. The van der Waals surface area contributed by atoms with Crippen molar-refractivity contribution in [3.8, 4) is 6.07 Å². The molecule has 0 aliphatic carbocycles. The van der Waals surface area contributed by atoms with Crippen LogP contribution in [0.1, 0.15) is 90.0 Å². The maximum Gasteiger partial charge on any atom is 0.408 e. The van der Waals surface area contributed by atoms with Gasteiger partial charge in [-0.2, -0.15) is 5.26 Å². The summed E-state index contributed by atoms with van der Waals surface area (Å²) >= 11 is 0. The molecular formula is C28H44N4O4. The van der Waals surface area contributed by atoms with E-state index < -0.39 is 29.7 Å². The first-order chi connectivity index (χ1) is 16.8. The van der Waals surface area contributed by atoms with Gasteiger partial charge in [-0.15, -0.1) is 0 Å². The fourth-order valence-corrected chi connectivity index (χ4v) is 4.09. The van der Waals surface area contributed by atoms with E-state index in [1.807, 2.05) is 45.9 Å². The van der Waals surface area contributed by atoms with E-state index in [0.717, 1.165) is 30.4 Å². The summed E-state index contributed by atoms with van der Waals surface area (Å²) in [5.74, 6) is -0.764. The zero-order valence-corrected chi connectivity index (χ0v) is 23.2. The minimum Gasteiger partial charge on any atom is -0.444 e. The predicted molar refractivity (Wildman–Crippen MR) is 141 cm³/mol. The lowest BCUT2D eigenvalue weighted by atomic mass is 9.93. The number of alkyl carbamates (subject to hydrolysis) is 1. The third kappa shape index (κ3) is 9.88. The first kappa shape index (κ1) is 31.0. The molecule has 1 aromatic carbocycles. The van der Waals surface area contributed by atoms with Crippen molar-refractivity contribution in [2.75, 3.05) is 13.1 Å². The molecule has 8 heteroatoms. The number of nitriles is 1. The number of unbranched alkanes of at least 4 members (excludes halogenated alkanes) is 2. The molecule has 0 spiro atoms. The van der Waals surface area contributed by atoms with Crippen LogP contribution in [-0.2, 0) is 14.3 Å². The van der Waals surface area contributed by atoms with Crippen molar-refractivity contribution in [3.05, 3.63) is 34.9 Å². The van der Waals surface area contributed by atoms with Crippen molar-refractivity contribution >= 4 is 17.9 Å². The quantitative estimate of drug-likeness (QED) is 0.312. The molecule has 2 unspecified atom stereocenters. The van der Waals surface area contributed by atoms with Crippen molar-refractivity contribution < 1.29 is 19.1 Å². The Bertz CT molecular complexity index is 910. The van der Waals surface area contributed by atoms with Crippen molar-refractivity contribution in [3.63, 3.8) is 0 Å². The lowest BCUT2D eigenvalue weighted by Crippen LogP contribution is -2.53. The number of carbonyl (C=O) groups is 3. The molecule has 0 aromatic heterocycles. The van der Waals surface area contributed by atoms with Crippen LogP contribution in [0, 0.1) is 31.1 Å². The number of hydrogen-bond donors (Lipinski definition) is 2. The highest BCUT2D eigenvalue weighted by atomic mass is 16.6. The monoisotopic (exact) mass is 500 g/mol. The van der Waals surface area contributed by atoms with Crippen molar-refractivity contribution in [2.45, 2.75) is 98.8 Å². The normalized spacial score (nSPS) is 12.9. The van der Waals surface area contributed by atoms with Crippen molar-refractivity contribution in [2.24, 2.45) is 5.92 Å². The second-order valence-electron chi connectivity index (χ2n) is 10.7. The number of aryl methyl sites for hydroxylation is 2. The summed E-state index contributed by atoms with van der Waals surface area (Å²) in [4.78, 5) is 41.3. The molecule has 0 aliphatic heterocycles. The first-order valence-corrected chi connectivity index (χ1v) is 12.8. The third-order valence-electron chi connectivity index (χ3n) is 5.68. The minimum absolute atomic E-state index is 0.0688. The average molecular weight is 501 g/mol. The van der Waals surface area contributed by atoms with Gasteiger partial charge in [-0.25, -0.2) is 4.79 Å². The van der Waals surface area contributed by atoms with Gasteiger partial charge in [-0.1, -0.05) is 51.8 Å². The van der Waals surface area contributed by atoms with Crippen LogP contribution in [0.15, 0.2) is 18.2 Å². The van der Waals surface area contributed by atoms with Gasteiger partial charge in [-0.05, 0) is 70.1 Å². The van der Waals surface area contributed by atoms with E-state index in [4.69, 9.17) is 4.74 Å². The van der Waals surface area contributed by atoms with Gasteiger partial charge in [0.25, 0.3) is 0 Å². The molecule has 2 atom stereocenters. The van der Waals surface area contributed by atoms with Gasteiger partial charge in [0, 0.05) is 6.54 Å². The summed E-state index contributed by atoms with van der Waals surface area (Å²) in [6.45, 7) is 15.2. The Labute approximate surface area is 216 Å². The molecule has 0 radical (unpaired) electrons. The van der Waals surface area contributed by atoms with Crippen LogP contribution < -0.4 is 10.6 Å². The van der Waals surface area contributed by atoms with Crippen molar-refractivity contribution in [1.29, 1.82) is 5.26 Å². The first-order valence-electron chi connectivity index (χ1n) is 12.8. The molecular weight excluding hydrogens is 456 g/mol.